The molecule has 29 heavy (non-hydrogen) atoms. The van der Waals surface area contributed by atoms with Gasteiger partial charge in [-0.3, -0.25) is 0 Å². The number of para-hydroxylation sites is 3. The lowest BCUT2D eigenvalue weighted by atomic mass is 9.86. The number of hydrogen-bond donors (Lipinski definition) is 0. The first-order valence-corrected chi connectivity index (χ1v) is 13.9. The zero-order chi connectivity index (χ0) is 21.0. The summed E-state index contributed by atoms with van der Waals surface area (Å²) in [5.74, 6) is 0. The fraction of sp³-hybridized carbons (Fsp3) is 0.308. The van der Waals surface area contributed by atoms with Crippen molar-refractivity contribution >= 4 is 46.6 Å². The van der Waals surface area contributed by atoms with Gasteiger partial charge in [-0.25, -0.2) is 0 Å². The van der Waals surface area contributed by atoms with Crippen LogP contribution in [-0.4, -0.2) is 15.1 Å². The van der Waals surface area contributed by atoms with Crippen LogP contribution in [-0.2, 0) is 5.41 Å². The van der Waals surface area contributed by atoms with Crippen LogP contribution in [0.1, 0.15) is 26.3 Å². The standard InChI is InChI=1S/C26H31NOSi/c1-26(2,3)20-14-10-12-18-19-13-11-16-22(25(19)28-24(18)20)27(4)21-15-8-9-17-23(21)29(5,6)7/h8-17H,1-7H3. The molecule has 0 fully saturated rings. The van der Waals surface area contributed by atoms with E-state index in [0.717, 1.165) is 16.9 Å². The Bertz CT molecular complexity index is 1190. The van der Waals surface area contributed by atoms with Gasteiger partial charge < -0.3 is 9.32 Å². The van der Waals surface area contributed by atoms with E-state index in [1.807, 2.05) is 0 Å². The van der Waals surface area contributed by atoms with E-state index in [9.17, 15) is 0 Å². The van der Waals surface area contributed by atoms with Crippen LogP contribution in [0.25, 0.3) is 21.9 Å². The van der Waals surface area contributed by atoms with E-state index in [4.69, 9.17) is 4.42 Å². The summed E-state index contributed by atoms with van der Waals surface area (Å²) in [6, 6.07) is 21.8. The monoisotopic (exact) mass is 401 g/mol. The molecular weight excluding hydrogens is 370 g/mol. The van der Waals surface area contributed by atoms with E-state index in [0.29, 0.717) is 0 Å². The van der Waals surface area contributed by atoms with Gasteiger partial charge in [0.05, 0.1) is 13.8 Å². The Morgan fingerprint density at radius 3 is 1.97 bits per heavy atom. The minimum atomic E-state index is -1.48. The maximum Gasteiger partial charge on any atom is 0.159 e. The zero-order valence-corrected chi connectivity index (χ0v) is 19.6. The van der Waals surface area contributed by atoms with Gasteiger partial charge in [0.2, 0.25) is 0 Å². The van der Waals surface area contributed by atoms with Gasteiger partial charge >= 0.3 is 0 Å². The van der Waals surface area contributed by atoms with E-state index >= 15 is 0 Å². The average molecular weight is 402 g/mol. The van der Waals surface area contributed by atoms with Gasteiger partial charge in [-0.1, -0.05) is 88.9 Å². The van der Waals surface area contributed by atoms with Crippen LogP contribution in [0.5, 0.6) is 0 Å². The van der Waals surface area contributed by atoms with Crippen molar-refractivity contribution < 1.29 is 4.42 Å². The minimum absolute atomic E-state index is 0.0316. The van der Waals surface area contributed by atoms with Crippen LogP contribution >= 0.6 is 0 Å². The topological polar surface area (TPSA) is 16.4 Å². The SMILES string of the molecule is CN(c1ccccc1[Si](C)(C)C)c1cccc2c1oc1c(C(C)(C)C)cccc12. The minimum Gasteiger partial charge on any atom is -0.454 e. The quantitative estimate of drug-likeness (QED) is 0.338. The van der Waals surface area contributed by atoms with Crippen molar-refractivity contribution in [3.63, 3.8) is 0 Å². The predicted molar refractivity (Wildman–Crippen MR) is 130 cm³/mol. The normalized spacial score (nSPS) is 12.7. The second kappa shape index (κ2) is 6.77. The second-order valence-electron chi connectivity index (χ2n) is 10.0. The highest BCUT2D eigenvalue weighted by Crippen LogP contribution is 2.40. The highest BCUT2D eigenvalue weighted by Gasteiger charge is 2.25. The Morgan fingerprint density at radius 2 is 1.31 bits per heavy atom. The molecular formula is C26H31NOSi. The van der Waals surface area contributed by atoms with Crippen LogP contribution in [0.4, 0.5) is 11.4 Å². The summed E-state index contributed by atoms with van der Waals surface area (Å²) in [5.41, 5.74) is 5.65. The lowest BCUT2D eigenvalue weighted by molar-refractivity contribution is 0.573. The molecule has 0 saturated heterocycles. The molecule has 0 aliphatic heterocycles. The van der Waals surface area contributed by atoms with E-state index in [-0.39, 0.29) is 5.41 Å². The van der Waals surface area contributed by atoms with Crippen LogP contribution in [0.2, 0.25) is 19.6 Å². The van der Waals surface area contributed by atoms with Crippen LogP contribution in [0, 0.1) is 0 Å². The maximum atomic E-state index is 6.58. The molecule has 0 amide bonds. The molecule has 2 nitrogen and oxygen atoms in total. The molecule has 4 aromatic rings. The van der Waals surface area contributed by atoms with Crippen molar-refractivity contribution in [1.82, 2.24) is 0 Å². The molecule has 0 spiro atoms. The predicted octanol–water partition coefficient (Wildman–Crippen LogP) is 7.20. The van der Waals surface area contributed by atoms with Gasteiger partial charge in [-0.15, -0.1) is 0 Å². The molecule has 0 aliphatic rings. The Balaban J connectivity index is 1.97. The van der Waals surface area contributed by atoms with Gasteiger partial charge in [0.1, 0.15) is 5.58 Å². The number of hydrogen-bond acceptors (Lipinski definition) is 2. The maximum absolute atomic E-state index is 6.58. The molecule has 0 radical (unpaired) electrons. The van der Waals surface area contributed by atoms with Crippen molar-refractivity contribution in [3.05, 3.63) is 66.2 Å². The van der Waals surface area contributed by atoms with Crippen LogP contribution < -0.4 is 10.1 Å². The van der Waals surface area contributed by atoms with Crippen LogP contribution in [0.15, 0.2) is 65.1 Å². The molecule has 3 aromatic carbocycles. The first-order valence-electron chi connectivity index (χ1n) is 10.4. The third kappa shape index (κ3) is 3.38. The summed E-state index contributed by atoms with van der Waals surface area (Å²) in [5, 5.41) is 3.84. The molecule has 0 atom stereocenters. The largest absolute Gasteiger partial charge is 0.454 e. The third-order valence-electron chi connectivity index (χ3n) is 5.75. The summed E-state index contributed by atoms with van der Waals surface area (Å²) in [4.78, 5) is 2.30. The van der Waals surface area contributed by atoms with Gasteiger partial charge in [-0.2, -0.15) is 0 Å². The van der Waals surface area contributed by atoms with Crippen molar-refractivity contribution in [2.75, 3.05) is 11.9 Å². The van der Waals surface area contributed by atoms with Crippen molar-refractivity contribution in [3.8, 4) is 0 Å². The molecule has 0 unspecified atom stereocenters. The first-order chi connectivity index (χ1) is 13.6. The Labute approximate surface area is 175 Å². The fourth-order valence-electron chi connectivity index (χ4n) is 4.19. The molecule has 0 saturated carbocycles. The zero-order valence-electron chi connectivity index (χ0n) is 18.6. The van der Waals surface area contributed by atoms with E-state index in [2.05, 4.69) is 113 Å². The van der Waals surface area contributed by atoms with E-state index in [1.54, 1.807) is 0 Å². The lowest BCUT2D eigenvalue weighted by Gasteiger charge is -2.28. The number of anilines is 2. The Morgan fingerprint density at radius 1 is 0.724 bits per heavy atom. The van der Waals surface area contributed by atoms with Gasteiger partial charge in [-0.05, 0) is 22.7 Å². The molecule has 0 N–H and O–H groups in total. The molecule has 3 heteroatoms. The first kappa shape index (κ1) is 19.8. The van der Waals surface area contributed by atoms with Crippen molar-refractivity contribution in [2.45, 2.75) is 45.8 Å². The van der Waals surface area contributed by atoms with Crippen molar-refractivity contribution in [1.29, 1.82) is 0 Å². The van der Waals surface area contributed by atoms with E-state index < -0.39 is 8.07 Å². The molecule has 0 bridgehead atoms. The Kier molecular flexibility index (Phi) is 4.62. The molecule has 150 valence electrons. The highest BCUT2D eigenvalue weighted by molar-refractivity contribution is 6.89. The molecule has 1 heterocycles. The summed E-state index contributed by atoms with van der Waals surface area (Å²) in [6.07, 6.45) is 0. The number of nitrogens with zero attached hydrogens (tertiary/aromatic N) is 1. The van der Waals surface area contributed by atoms with Gasteiger partial charge in [0.25, 0.3) is 0 Å². The highest BCUT2D eigenvalue weighted by atomic mass is 28.3. The van der Waals surface area contributed by atoms with E-state index in [1.165, 1.54) is 27.2 Å². The molecule has 0 aliphatic carbocycles. The number of benzene rings is 3. The van der Waals surface area contributed by atoms with Crippen LogP contribution in [0.3, 0.4) is 0 Å². The fourth-order valence-corrected chi connectivity index (χ4v) is 5.81. The lowest BCUT2D eigenvalue weighted by Crippen LogP contribution is -2.40. The summed E-state index contributed by atoms with van der Waals surface area (Å²) in [6.45, 7) is 13.9. The molecule has 1 aromatic heterocycles. The number of furan rings is 1. The summed E-state index contributed by atoms with van der Waals surface area (Å²) in [7, 11) is 0.679. The third-order valence-corrected chi connectivity index (χ3v) is 7.79. The summed E-state index contributed by atoms with van der Waals surface area (Å²) < 4.78 is 6.58. The number of fused-ring (bicyclic) bond motifs is 3. The van der Waals surface area contributed by atoms with Gasteiger partial charge in [0, 0.05) is 29.1 Å². The Hall–Kier alpha value is -2.52. The second-order valence-corrected chi connectivity index (χ2v) is 15.1. The van der Waals surface area contributed by atoms with Gasteiger partial charge in [0.15, 0.2) is 5.58 Å². The van der Waals surface area contributed by atoms with Crippen molar-refractivity contribution in [2.24, 2.45) is 0 Å². The summed E-state index contributed by atoms with van der Waals surface area (Å²) >= 11 is 0. The smallest absolute Gasteiger partial charge is 0.159 e. The average Bonchev–Trinajstić information content (AvgIpc) is 3.04. The number of rotatable bonds is 3. The molecule has 4 rings (SSSR count).